The number of aromatic nitrogens is 1. The number of halogens is 2. The van der Waals surface area contributed by atoms with Gasteiger partial charge >= 0.3 is 0 Å². The Morgan fingerprint density at radius 2 is 2.19 bits per heavy atom. The van der Waals surface area contributed by atoms with Crippen LogP contribution in [0.3, 0.4) is 0 Å². The number of anilines is 1. The number of nitrogens with two attached hydrogens (primary N) is 1. The van der Waals surface area contributed by atoms with Crippen LogP contribution >= 0.6 is 22.9 Å². The third-order valence-corrected chi connectivity index (χ3v) is 4.52. The Labute approximate surface area is 130 Å². The van der Waals surface area contributed by atoms with Gasteiger partial charge in [-0.25, -0.2) is 4.39 Å². The molecule has 0 bridgehead atoms. The molecule has 6 heteroatoms. The predicted octanol–water partition coefficient (Wildman–Crippen LogP) is 5.01. The molecule has 0 saturated heterocycles. The van der Waals surface area contributed by atoms with Gasteiger partial charge in [0.05, 0.1) is 15.5 Å². The molecule has 0 aliphatic heterocycles. The fourth-order valence-corrected chi connectivity index (χ4v) is 3.38. The third-order valence-electron chi connectivity index (χ3n) is 3.27. The van der Waals surface area contributed by atoms with Crippen molar-refractivity contribution < 1.29 is 8.91 Å². The number of thiophene rings is 1. The molecule has 0 radical (unpaired) electrons. The molecule has 0 atom stereocenters. The molecule has 108 valence electrons. The van der Waals surface area contributed by atoms with E-state index in [1.165, 1.54) is 17.4 Å². The van der Waals surface area contributed by atoms with E-state index in [0.29, 0.717) is 16.9 Å². The molecule has 2 aromatic heterocycles. The second kappa shape index (κ2) is 5.50. The van der Waals surface area contributed by atoms with Crippen molar-refractivity contribution >= 4 is 28.8 Å². The molecule has 3 nitrogen and oxygen atoms in total. The average Bonchev–Trinajstić information content (AvgIpc) is 3.08. The van der Waals surface area contributed by atoms with Gasteiger partial charge in [-0.05, 0) is 29.5 Å². The maximum atomic E-state index is 14.3. The number of aryl methyl sites for hydroxylation is 1. The van der Waals surface area contributed by atoms with Gasteiger partial charge in [-0.1, -0.05) is 35.8 Å². The Kier molecular flexibility index (Phi) is 3.69. The van der Waals surface area contributed by atoms with E-state index >= 15 is 0 Å². The molecule has 2 N–H and O–H groups in total. The zero-order chi connectivity index (χ0) is 15.0. The first kappa shape index (κ1) is 14.1. The van der Waals surface area contributed by atoms with Gasteiger partial charge in [0.1, 0.15) is 5.82 Å². The quantitative estimate of drug-likeness (QED) is 0.737. The molecule has 0 aliphatic carbocycles. The summed E-state index contributed by atoms with van der Waals surface area (Å²) in [6.07, 6.45) is 0.844. The lowest BCUT2D eigenvalue weighted by atomic mass is 10.0. The van der Waals surface area contributed by atoms with E-state index in [1.807, 2.05) is 18.4 Å². The molecule has 3 rings (SSSR count). The molecule has 2 heterocycles. The number of hydrogen-bond acceptors (Lipinski definition) is 4. The van der Waals surface area contributed by atoms with E-state index in [1.54, 1.807) is 12.1 Å². The SMILES string of the molecule is CCc1ccsc1-c1onc(N)c1-c1cccc(Cl)c1F. The highest BCUT2D eigenvalue weighted by Crippen LogP contribution is 2.42. The molecular weight excluding hydrogens is 311 g/mol. The van der Waals surface area contributed by atoms with Crippen molar-refractivity contribution in [3.8, 4) is 21.8 Å². The van der Waals surface area contributed by atoms with E-state index in [-0.39, 0.29) is 10.8 Å². The summed E-state index contributed by atoms with van der Waals surface area (Å²) in [6.45, 7) is 2.05. The van der Waals surface area contributed by atoms with Gasteiger partial charge in [0, 0.05) is 5.56 Å². The number of rotatable bonds is 3. The summed E-state index contributed by atoms with van der Waals surface area (Å²) in [6, 6.07) is 6.79. The normalized spacial score (nSPS) is 11.0. The fourth-order valence-electron chi connectivity index (χ4n) is 2.23. The monoisotopic (exact) mass is 322 g/mol. The van der Waals surface area contributed by atoms with Gasteiger partial charge in [-0.3, -0.25) is 0 Å². The van der Waals surface area contributed by atoms with Crippen molar-refractivity contribution in [3.63, 3.8) is 0 Å². The van der Waals surface area contributed by atoms with Crippen molar-refractivity contribution in [2.45, 2.75) is 13.3 Å². The van der Waals surface area contributed by atoms with Gasteiger partial charge < -0.3 is 10.3 Å². The molecule has 0 spiro atoms. The van der Waals surface area contributed by atoms with Crippen LogP contribution in [0.1, 0.15) is 12.5 Å². The lowest BCUT2D eigenvalue weighted by molar-refractivity contribution is 0.436. The highest BCUT2D eigenvalue weighted by molar-refractivity contribution is 7.13. The molecule has 3 aromatic rings. The van der Waals surface area contributed by atoms with Gasteiger partial charge in [-0.15, -0.1) is 11.3 Å². The Bertz CT molecular complexity index is 797. The number of hydrogen-bond donors (Lipinski definition) is 1. The summed E-state index contributed by atoms with van der Waals surface area (Å²) in [5.74, 6) is 0.118. The van der Waals surface area contributed by atoms with Crippen LogP contribution in [0, 0.1) is 5.82 Å². The lowest BCUT2D eigenvalue weighted by Crippen LogP contribution is -1.92. The first-order chi connectivity index (χ1) is 10.1. The van der Waals surface area contributed by atoms with Crippen LogP contribution in [-0.2, 0) is 6.42 Å². The van der Waals surface area contributed by atoms with Gasteiger partial charge in [0.25, 0.3) is 0 Å². The number of nitrogens with zero attached hydrogens (tertiary/aromatic N) is 1. The van der Waals surface area contributed by atoms with Crippen LogP contribution in [0.5, 0.6) is 0 Å². The van der Waals surface area contributed by atoms with Gasteiger partial charge in [0.15, 0.2) is 11.6 Å². The minimum absolute atomic E-state index is 0.0425. The summed E-state index contributed by atoms with van der Waals surface area (Å²) in [5.41, 5.74) is 7.74. The average molecular weight is 323 g/mol. The highest BCUT2D eigenvalue weighted by atomic mass is 35.5. The van der Waals surface area contributed by atoms with Crippen molar-refractivity contribution in [3.05, 3.63) is 46.0 Å². The zero-order valence-electron chi connectivity index (χ0n) is 11.2. The molecule has 0 aliphatic rings. The van der Waals surface area contributed by atoms with Crippen LogP contribution in [0.25, 0.3) is 21.8 Å². The van der Waals surface area contributed by atoms with Gasteiger partial charge in [-0.2, -0.15) is 0 Å². The van der Waals surface area contributed by atoms with E-state index in [4.69, 9.17) is 21.9 Å². The van der Waals surface area contributed by atoms with Crippen molar-refractivity contribution in [2.24, 2.45) is 0 Å². The fraction of sp³-hybridized carbons (Fsp3) is 0.133. The Hall–Kier alpha value is -1.85. The standard InChI is InChI=1S/C15H12ClFN2OS/c1-2-8-6-7-21-14(8)13-11(15(18)19-20-13)9-4-3-5-10(16)12(9)17/h3-7H,2H2,1H3,(H2,18,19). The third kappa shape index (κ3) is 2.32. The Morgan fingerprint density at radius 3 is 2.95 bits per heavy atom. The van der Waals surface area contributed by atoms with Crippen molar-refractivity contribution in [1.82, 2.24) is 5.16 Å². The van der Waals surface area contributed by atoms with E-state index in [2.05, 4.69) is 5.16 Å². The summed E-state index contributed by atoms with van der Waals surface area (Å²) < 4.78 is 19.7. The summed E-state index contributed by atoms with van der Waals surface area (Å²) in [4.78, 5) is 0.913. The van der Waals surface area contributed by atoms with Crippen LogP contribution in [-0.4, -0.2) is 5.16 Å². The minimum atomic E-state index is -0.523. The summed E-state index contributed by atoms with van der Waals surface area (Å²) >= 11 is 7.37. The maximum absolute atomic E-state index is 14.3. The molecule has 0 amide bonds. The second-order valence-electron chi connectivity index (χ2n) is 4.50. The zero-order valence-corrected chi connectivity index (χ0v) is 12.8. The summed E-state index contributed by atoms with van der Waals surface area (Å²) in [7, 11) is 0. The Balaban J connectivity index is 2.25. The lowest BCUT2D eigenvalue weighted by Gasteiger charge is -2.05. The van der Waals surface area contributed by atoms with Crippen LogP contribution in [0.2, 0.25) is 5.02 Å². The largest absolute Gasteiger partial charge is 0.380 e. The highest BCUT2D eigenvalue weighted by Gasteiger charge is 2.23. The van der Waals surface area contributed by atoms with Crippen LogP contribution < -0.4 is 5.73 Å². The van der Waals surface area contributed by atoms with E-state index in [9.17, 15) is 4.39 Å². The molecule has 0 fully saturated rings. The first-order valence-corrected chi connectivity index (χ1v) is 7.65. The molecule has 0 saturated carbocycles. The predicted molar refractivity (Wildman–Crippen MR) is 84.0 cm³/mol. The Morgan fingerprint density at radius 1 is 1.38 bits per heavy atom. The first-order valence-electron chi connectivity index (χ1n) is 6.39. The number of nitrogen functional groups attached to an aromatic ring is 1. The molecule has 0 unspecified atom stereocenters. The molecule has 21 heavy (non-hydrogen) atoms. The smallest absolute Gasteiger partial charge is 0.187 e. The van der Waals surface area contributed by atoms with Gasteiger partial charge in [0.2, 0.25) is 0 Å². The van der Waals surface area contributed by atoms with Crippen molar-refractivity contribution in [2.75, 3.05) is 5.73 Å². The van der Waals surface area contributed by atoms with Crippen LogP contribution in [0.15, 0.2) is 34.2 Å². The minimum Gasteiger partial charge on any atom is -0.380 e. The van der Waals surface area contributed by atoms with E-state index in [0.717, 1.165) is 16.9 Å². The molecular formula is C15H12ClFN2OS. The number of benzene rings is 1. The van der Waals surface area contributed by atoms with Crippen molar-refractivity contribution in [1.29, 1.82) is 0 Å². The van der Waals surface area contributed by atoms with E-state index < -0.39 is 5.82 Å². The topological polar surface area (TPSA) is 52.0 Å². The van der Waals surface area contributed by atoms with Crippen LogP contribution in [0.4, 0.5) is 10.2 Å². The second-order valence-corrected chi connectivity index (χ2v) is 5.83. The summed E-state index contributed by atoms with van der Waals surface area (Å²) in [5, 5.41) is 5.80. The maximum Gasteiger partial charge on any atom is 0.187 e. The molecule has 1 aromatic carbocycles.